The molecule has 1 aromatic rings. The number of hydrogen-bond donors (Lipinski definition) is 2. The zero-order valence-corrected chi connectivity index (χ0v) is 9.08. The van der Waals surface area contributed by atoms with Crippen molar-refractivity contribution in [2.24, 2.45) is 5.73 Å². The molecule has 1 aliphatic rings. The number of anilines is 1. The van der Waals surface area contributed by atoms with Gasteiger partial charge in [0.1, 0.15) is 0 Å². The molecule has 1 aromatic carbocycles. The smallest absolute Gasteiger partial charge is 0.0412 e. The molecule has 0 spiro atoms. The molecule has 1 fully saturated rings. The average Bonchev–Trinajstić information content (AvgIpc) is 2.57. The molecule has 0 atom stereocenters. The Balaban J connectivity index is 2.18. The van der Waals surface area contributed by atoms with Gasteiger partial charge < -0.3 is 16.0 Å². The van der Waals surface area contributed by atoms with Crippen LogP contribution < -0.4 is 16.0 Å². The lowest BCUT2D eigenvalue weighted by molar-refractivity contribution is 0.724. The maximum absolute atomic E-state index is 5.75. The predicted molar refractivity (Wildman–Crippen MR) is 64.0 cm³/mol. The van der Waals surface area contributed by atoms with Gasteiger partial charge in [0.25, 0.3) is 0 Å². The third-order valence-electron chi connectivity index (χ3n) is 2.89. The molecule has 2 rings (SSSR count). The Bertz CT molecular complexity index is 303. The van der Waals surface area contributed by atoms with E-state index in [1.165, 1.54) is 17.7 Å². The molecule has 0 amide bonds. The molecule has 0 saturated carbocycles. The molecule has 15 heavy (non-hydrogen) atoms. The number of para-hydroxylation sites is 1. The zero-order valence-electron chi connectivity index (χ0n) is 9.08. The summed E-state index contributed by atoms with van der Waals surface area (Å²) in [6.07, 6.45) is 1.21. The van der Waals surface area contributed by atoms with Crippen LogP contribution in [0.4, 0.5) is 5.69 Å². The first kappa shape index (κ1) is 10.5. The maximum atomic E-state index is 5.75. The monoisotopic (exact) mass is 205 g/mol. The van der Waals surface area contributed by atoms with Gasteiger partial charge >= 0.3 is 0 Å². The summed E-state index contributed by atoms with van der Waals surface area (Å²) in [6, 6.07) is 8.44. The SMILES string of the molecule is NCc1ccccc1N1CCCNCC1. The van der Waals surface area contributed by atoms with Gasteiger partial charge in [0.2, 0.25) is 0 Å². The van der Waals surface area contributed by atoms with Crippen molar-refractivity contribution in [1.29, 1.82) is 0 Å². The fourth-order valence-electron chi connectivity index (χ4n) is 2.08. The molecular weight excluding hydrogens is 186 g/mol. The molecule has 3 N–H and O–H groups in total. The fourth-order valence-corrected chi connectivity index (χ4v) is 2.08. The van der Waals surface area contributed by atoms with E-state index >= 15 is 0 Å². The summed E-state index contributed by atoms with van der Waals surface area (Å²) in [5.74, 6) is 0. The highest BCUT2D eigenvalue weighted by Crippen LogP contribution is 2.20. The Hall–Kier alpha value is -1.06. The normalized spacial score (nSPS) is 17.5. The number of benzene rings is 1. The van der Waals surface area contributed by atoms with E-state index in [1.807, 2.05) is 0 Å². The molecule has 0 radical (unpaired) electrons. The largest absolute Gasteiger partial charge is 0.370 e. The Kier molecular flexibility index (Phi) is 3.59. The molecule has 1 aliphatic heterocycles. The Labute approximate surface area is 91.3 Å². The minimum absolute atomic E-state index is 0.625. The van der Waals surface area contributed by atoms with E-state index in [2.05, 4.69) is 34.5 Å². The molecule has 1 saturated heterocycles. The van der Waals surface area contributed by atoms with Crippen LogP contribution in [0.5, 0.6) is 0 Å². The summed E-state index contributed by atoms with van der Waals surface area (Å²) in [5.41, 5.74) is 8.31. The highest BCUT2D eigenvalue weighted by Gasteiger charge is 2.11. The Morgan fingerprint density at radius 3 is 2.93 bits per heavy atom. The summed E-state index contributed by atoms with van der Waals surface area (Å²) >= 11 is 0. The molecule has 82 valence electrons. The van der Waals surface area contributed by atoms with Crippen molar-refractivity contribution in [2.45, 2.75) is 13.0 Å². The van der Waals surface area contributed by atoms with E-state index in [9.17, 15) is 0 Å². The number of rotatable bonds is 2. The van der Waals surface area contributed by atoms with Crippen molar-refractivity contribution in [1.82, 2.24) is 5.32 Å². The summed E-state index contributed by atoms with van der Waals surface area (Å²) in [6.45, 7) is 5.03. The number of nitrogens with two attached hydrogens (primary N) is 1. The van der Waals surface area contributed by atoms with Crippen LogP contribution in [0.15, 0.2) is 24.3 Å². The van der Waals surface area contributed by atoms with Gasteiger partial charge in [-0.15, -0.1) is 0 Å². The van der Waals surface area contributed by atoms with Crippen LogP contribution in [-0.2, 0) is 6.54 Å². The molecule has 3 heteroatoms. The van der Waals surface area contributed by atoms with Crippen LogP contribution in [0.2, 0.25) is 0 Å². The lowest BCUT2D eigenvalue weighted by Gasteiger charge is -2.24. The molecule has 0 unspecified atom stereocenters. The van der Waals surface area contributed by atoms with E-state index in [-0.39, 0.29) is 0 Å². The van der Waals surface area contributed by atoms with E-state index < -0.39 is 0 Å². The van der Waals surface area contributed by atoms with Gasteiger partial charge in [-0.2, -0.15) is 0 Å². The van der Waals surface area contributed by atoms with Crippen molar-refractivity contribution in [3.63, 3.8) is 0 Å². The van der Waals surface area contributed by atoms with Gasteiger partial charge in [0, 0.05) is 31.9 Å². The minimum Gasteiger partial charge on any atom is -0.370 e. The van der Waals surface area contributed by atoms with Gasteiger partial charge in [-0.05, 0) is 24.6 Å². The summed E-state index contributed by atoms with van der Waals surface area (Å²) in [7, 11) is 0. The standard InChI is InChI=1S/C12H19N3/c13-10-11-4-1-2-5-12(11)15-8-3-6-14-7-9-15/h1-2,4-5,14H,3,6-10,13H2. The van der Waals surface area contributed by atoms with E-state index in [4.69, 9.17) is 5.73 Å². The van der Waals surface area contributed by atoms with Gasteiger partial charge in [-0.25, -0.2) is 0 Å². The van der Waals surface area contributed by atoms with Gasteiger partial charge in [-0.3, -0.25) is 0 Å². The molecule has 0 aliphatic carbocycles. The average molecular weight is 205 g/mol. The highest BCUT2D eigenvalue weighted by atomic mass is 15.2. The molecule has 3 nitrogen and oxygen atoms in total. The van der Waals surface area contributed by atoms with Crippen LogP contribution in [0, 0.1) is 0 Å². The van der Waals surface area contributed by atoms with Crippen molar-refractivity contribution in [3.05, 3.63) is 29.8 Å². The highest BCUT2D eigenvalue weighted by molar-refractivity contribution is 5.53. The predicted octanol–water partition coefficient (Wildman–Crippen LogP) is 0.945. The first-order chi connectivity index (χ1) is 7.42. The Morgan fingerprint density at radius 1 is 1.20 bits per heavy atom. The summed E-state index contributed by atoms with van der Waals surface area (Å²) in [5, 5.41) is 3.41. The second kappa shape index (κ2) is 5.14. The Morgan fingerprint density at radius 2 is 2.07 bits per heavy atom. The first-order valence-corrected chi connectivity index (χ1v) is 5.65. The second-order valence-electron chi connectivity index (χ2n) is 3.92. The maximum Gasteiger partial charge on any atom is 0.0412 e. The molecule has 1 heterocycles. The molecule has 0 aromatic heterocycles. The number of hydrogen-bond acceptors (Lipinski definition) is 3. The van der Waals surface area contributed by atoms with Crippen molar-refractivity contribution in [2.75, 3.05) is 31.1 Å². The minimum atomic E-state index is 0.625. The molecule has 0 bridgehead atoms. The van der Waals surface area contributed by atoms with E-state index in [0.29, 0.717) is 6.54 Å². The van der Waals surface area contributed by atoms with Crippen LogP contribution in [0.1, 0.15) is 12.0 Å². The third-order valence-corrected chi connectivity index (χ3v) is 2.89. The van der Waals surface area contributed by atoms with Crippen LogP contribution in [0.25, 0.3) is 0 Å². The second-order valence-corrected chi connectivity index (χ2v) is 3.92. The topological polar surface area (TPSA) is 41.3 Å². The quantitative estimate of drug-likeness (QED) is 0.755. The van der Waals surface area contributed by atoms with Crippen molar-refractivity contribution in [3.8, 4) is 0 Å². The van der Waals surface area contributed by atoms with Crippen molar-refractivity contribution >= 4 is 5.69 Å². The first-order valence-electron chi connectivity index (χ1n) is 5.65. The van der Waals surface area contributed by atoms with E-state index in [0.717, 1.165) is 26.2 Å². The van der Waals surface area contributed by atoms with Crippen LogP contribution in [-0.4, -0.2) is 26.2 Å². The number of nitrogens with one attached hydrogen (secondary N) is 1. The summed E-state index contributed by atoms with van der Waals surface area (Å²) in [4.78, 5) is 2.43. The van der Waals surface area contributed by atoms with Crippen molar-refractivity contribution < 1.29 is 0 Å². The van der Waals surface area contributed by atoms with E-state index in [1.54, 1.807) is 0 Å². The van der Waals surface area contributed by atoms with Gasteiger partial charge in [0.15, 0.2) is 0 Å². The number of nitrogens with zero attached hydrogens (tertiary/aromatic N) is 1. The lowest BCUT2D eigenvalue weighted by atomic mass is 10.1. The van der Waals surface area contributed by atoms with Crippen LogP contribution in [0.3, 0.4) is 0 Å². The fraction of sp³-hybridized carbons (Fsp3) is 0.500. The lowest BCUT2D eigenvalue weighted by Crippen LogP contribution is -2.28. The van der Waals surface area contributed by atoms with Gasteiger partial charge in [-0.1, -0.05) is 18.2 Å². The van der Waals surface area contributed by atoms with Gasteiger partial charge in [0.05, 0.1) is 0 Å². The van der Waals surface area contributed by atoms with Crippen LogP contribution >= 0.6 is 0 Å². The summed E-state index contributed by atoms with van der Waals surface area (Å²) < 4.78 is 0. The molecular formula is C12H19N3. The zero-order chi connectivity index (χ0) is 10.5. The third kappa shape index (κ3) is 2.49.